The number of oxime groups is 1. The number of primary amides is 1. The summed E-state index contributed by atoms with van der Waals surface area (Å²) in [5.74, 6) is 1.28. The second kappa shape index (κ2) is 6.82. The number of rotatable bonds is 4. The molecule has 0 spiro atoms. The lowest BCUT2D eigenvalue weighted by Crippen LogP contribution is -2.55. The van der Waals surface area contributed by atoms with Gasteiger partial charge in [0.15, 0.2) is 6.10 Å². The second-order valence-electron chi connectivity index (χ2n) is 7.79. The lowest BCUT2D eigenvalue weighted by atomic mass is 9.93. The standard InChI is InChI=1S/C17H27N5O3/c18-16(23)14-9-13(25-20-14)10-19-17(24)22-5-3-21(4-6-22)15-8-11-1-2-12(15)7-11/h11-13,15H,1-10H2,(H2,18,23)(H,19,24). The zero-order chi connectivity index (χ0) is 17.4. The SMILES string of the molecule is NC(=O)C1=NOC(CNC(=O)N2CCN(C3CC4CCC3C4)CC2)C1. The molecule has 8 nitrogen and oxygen atoms in total. The maximum atomic E-state index is 12.3. The van der Waals surface area contributed by atoms with E-state index < -0.39 is 5.91 Å². The first kappa shape index (κ1) is 16.6. The van der Waals surface area contributed by atoms with Crippen LogP contribution in [0.3, 0.4) is 0 Å². The normalized spacial score (nSPS) is 34.7. The van der Waals surface area contributed by atoms with Crippen LogP contribution in [0.5, 0.6) is 0 Å². The Balaban J connectivity index is 1.18. The first-order chi connectivity index (χ1) is 12.1. The highest BCUT2D eigenvalue weighted by molar-refractivity contribution is 6.38. The van der Waals surface area contributed by atoms with Gasteiger partial charge in [-0.05, 0) is 31.1 Å². The van der Waals surface area contributed by atoms with Gasteiger partial charge in [-0.15, -0.1) is 0 Å². The molecule has 2 saturated carbocycles. The van der Waals surface area contributed by atoms with Gasteiger partial charge in [0.05, 0.1) is 6.54 Å². The Kier molecular flexibility index (Phi) is 4.54. The van der Waals surface area contributed by atoms with E-state index >= 15 is 0 Å². The van der Waals surface area contributed by atoms with Crippen LogP contribution in [0.15, 0.2) is 5.16 Å². The number of nitrogens with two attached hydrogens (primary N) is 1. The largest absolute Gasteiger partial charge is 0.390 e. The van der Waals surface area contributed by atoms with Crippen LogP contribution in [-0.4, -0.2) is 72.3 Å². The number of hydrogen-bond donors (Lipinski definition) is 2. The van der Waals surface area contributed by atoms with Crippen LogP contribution in [0, 0.1) is 11.8 Å². The zero-order valence-electron chi connectivity index (χ0n) is 14.5. The number of carbonyl (C=O) groups excluding carboxylic acids is 2. The minimum Gasteiger partial charge on any atom is -0.390 e. The van der Waals surface area contributed by atoms with Crippen molar-refractivity contribution in [2.75, 3.05) is 32.7 Å². The predicted octanol–water partition coefficient (Wildman–Crippen LogP) is 0.132. The Hall–Kier alpha value is -1.83. The summed E-state index contributed by atoms with van der Waals surface area (Å²) in [4.78, 5) is 33.0. The van der Waals surface area contributed by atoms with Crippen LogP contribution in [0.4, 0.5) is 4.79 Å². The highest BCUT2D eigenvalue weighted by Crippen LogP contribution is 2.46. The fraction of sp³-hybridized carbons (Fsp3) is 0.824. The molecule has 4 atom stereocenters. The number of hydrogen-bond acceptors (Lipinski definition) is 5. The Morgan fingerprint density at radius 3 is 2.60 bits per heavy atom. The molecular formula is C17H27N5O3. The Labute approximate surface area is 147 Å². The lowest BCUT2D eigenvalue weighted by Gasteiger charge is -2.41. The molecule has 25 heavy (non-hydrogen) atoms. The van der Waals surface area contributed by atoms with Crippen LogP contribution in [0.25, 0.3) is 0 Å². The molecule has 4 unspecified atom stereocenters. The molecule has 3 amide bonds. The fourth-order valence-electron chi connectivity index (χ4n) is 4.91. The molecule has 8 heteroatoms. The average molecular weight is 349 g/mol. The molecule has 2 heterocycles. The third kappa shape index (κ3) is 3.44. The van der Waals surface area contributed by atoms with Gasteiger partial charge in [-0.2, -0.15) is 0 Å². The van der Waals surface area contributed by atoms with Gasteiger partial charge >= 0.3 is 6.03 Å². The highest BCUT2D eigenvalue weighted by Gasteiger charge is 2.43. The number of urea groups is 1. The summed E-state index contributed by atoms with van der Waals surface area (Å²) in [6, 6.07) is 0.684. The zero-order valence-corrected chi connectivity index (χ0v) is 14.5. The van der Waals surface area contributed by atoms with E-state index in [1.807, 2.05) is 4.90 Å². The molecule has 0 aromatic carbocycles. The molecule has 0 aromatic rings. The minimum absolute atomic E-state index is 0.0660. The van der Waals surface area contributed by atoms with Gasteiger partial charge in [-0.1, -0.05) is 11.6 Å². The molecule has 138 valence electrons. The third-order valence-electron chi connectivity index (χ3n) is 6.27. The number of fused-ring (bicyclic) bond motifs is 2. The predicted molar refractivity (Wildman–Crippen MR) is 91.9 cm³/mol. The fourth-order valence-corrected chi connectivity index (χ4v) is 4.91. The van der Waals surface area contributed by atoms with Gasteiger partial charge in [0.25, 0.3) is 5.91 Å². The number of amides is 3. The molecule has 2 aliphatic heterocycles. The van der Waals surface area contributed by atoms with Crippen LogP contribution < -0.4 is 11.1 Å². The summed E-state index contributed by atoms with van der Waals surface area (Å²) in [7, 11) is 0. The van der Waals surface area contributed by atoms with Crippen LogP contribution in [0.1, 0.15) is 32.1 Å². The van der Waals surface area contributed by atoms with Crippen LogP contribution >= 0.6 is 0 Å². The molecule has 4 rings (SSSR count). The number of nitrogens with zero attached hydrogens (tertiary/aromatic N) is 3. The van der Waals surface area contributed by atoms with Gasteiger partial charge in [-0.3, -0.25) is 9.69 Å². The van der Waals surface area contributed by atoms with Crippen molar-refractivity contribution in [2.45, 2.75) is 44.2 Å². The van der Waals surface area contributed by atoms with E-state index in [1.165, 1.54) is 25.7 Å². The van der Waals surface area contributed by atoms with Gasteiger partial charge in [0, 0.05) is 38.6 Å². The molecular weight excluding hydrogens is 322 g/mol. The number of carbonyl (C=O) groups is 2. The van der Waals surface area contributed by atoms with E-state index in [4.69, 9.17) is 10.6 Å². The van der Waals surface area contributed by atoms with Gasteiger partial charge in [0.2, 0.25) is 0 Å². The van der Waals surface area contributed by atoms with E-state index in [0.717, 1.165) is 44.1 Å². The number of nitrogens with one attached hydrogen (secondary N) is 1. The monoisotopic (exact) mass is 349 g/mol. The second-order valence-corrected chi connectivity index (χ2v) is 7.79. The third-order valence-corrected chi connectivity index (χ3v) is 6.27. The summed E-state index contributed by atoms with van der Waals surface area (Å²) < 4.78 is 0. The molecule has 3 N–H and O–H groups in total. The van der Waals surface area contributed by atoms with Gasteiger partial charge in [0.1, 0.15) is 5.71 Å². The lowest BCUT2D eigenvalue weighted by molar-refractivity contribution is -0.112. The molecule has 0 aromatic heterocycles. The van der Waals surface area contributed by atoms with E-state index in [2.05, 4.69) is 15.4 Å². The van der Waals surface area contributed by atoms with Crippen molar-refractivity contribution in [3.05, 3.63) is 0 Å². The maximum absolute atomic E-state index is 12.3. The molecule has 1 saturated heterocycles. The first-order valence-corrected chi connectivity index (χ1v) is 9.39. The Morgan fingerprint density at radius 1 is 1.20 bits per heavy atom. The molecule has 4 aliphatic rings. The summed E-state index contributed by atoms with van der Waals surface area (Å²) in [6.07, 6.45) is 5.65. The van der Waals surface area contributed by atoms with E-state index in [0.29, 0.717) is 13.0 Å². The number of piperazine rings is 1. The summed E-state index contributed by atoms with van der Waals surface area (Å²) >= 11 is 0. The quantitative estimate of drug-likeness (QED) is 0.753. The topological polar surface area (TPSA) is 100 Å². The average Bonchev–Trinajstić information content (AvgIpc) is 3.36. The minimum atomic E-state index is -0.564. The molecule has 3 fully saturated rings. The van der Waals surface area contributed by atoms with Crippen molar-refractivity contribution in [1.82, 2.24) is 15.1 Å². The van der Waals surface area contributed by atoms with Crippen molar-refractivity contribution in [2.24, 2.45) is 22.7 Å². The van der Waals surface area contributed by atoms with Crippen LogP contribution in [-0.2, 0) is 9.63 Å². The van der Waals surface area contributed by atoms with Crippen molar-refractivity contribution in [3.63, 3.8) is 0 Å². The highest BCUT2D eigenvalue weighted by atomic mass is 16.6. The molecule has 2 bridgehead atoms. The van der Waals surface area contributed by atoms with Crippen molar-refractivity contribution < 1.29 is 14.4 Å². The molecule has 2 aliphatic carbocycles. The van der Waals surface area contributed by atoms with E-state index in [1.54, 1.807) is 0 Å². The Morgan fingerprint density at radius 2 is 2.00 bits per heavy atom. The summed E-state index contributed by atoms with van der Waals surface area (Å²) in [5, 5.41) is 6.53. The van der Waals surface area contributed by atoms with Crippen molar-refractivity contribution in [3.8, 4) is 0 Å². The van der Waals surface area contributed by atoms with Gasteiger partial charge in [-0.25, -0.2) is 4.79 Å². The van der Waals surface area contributed by atoms with Crippen molar-refractivity contribution in [1.29, 1.82) is 0 Å². The Bertz CT molecular complexity index is 573. The summed E-state index contributed by atoms with van der Waals surface area (Å²) in [6.45, 7) is 3.82. The maximum Gasteiger partial charge on any atom is 0.317 e. The summed E-state index contributed by atoms with van der Waals surface area (Å²) in [5.41, 5.74) is 5.40. The van der Waals surface area contributed by atoms with Crippen LogP contribution in [0.2, 0.25) is 0 Å². The first-order valence-electron chi connectivity index (χ1n) is 9.39. The van der Waals surface area contributed by atoms with Crippen molar-refractivity contribution >= 4 is 17.6 Å². The molecule has 0 radical (unpaired) electrons. The van der Waals surface area contributed by atoms with E-state index in [9.17, 15) is 9.59 Å². The smallest absolute Gasteiger partial charge is 0.317 e. The van der Waals surface area contributed by atoms with E-state index in [-0.39, 0.29) is 17.8 Å². The van der Waals surface area contributed by atoms with Gasteiger partial charge < -0.3 is 20.8 Å².